The largest absolute Gasteiger partial charge is 0.497 e. The van der Waals surface area contributed by atoms with Crippen molar-refractivity contribution in [1.29, 1.82) is 0 Å². The first-order valence-electron chi connectivity index (χ1n) is 10.2. The average molecular weight is 423 g/mol. The lowest BCUT2D eigenvalue weighted by Gasteiger charge is -2.19. The molecule has 3 amide bonds. The van der Waals surface area contributed by atoms with Crippen LogP contribution in [0.25, 0.3) is 0 Å². The van der Waals surface area contributed by atoms with Gasteiger partial charge in [-0.05, 0) is 42.3 Å². The Morgan fingerprint density at radius 2 is 1.90 bits per heavy atom. The number of anilines is 3. The molecular formula is C23H25N3O5. The Morgan fingerprint density at radius 1 is 1.10 bits per heavy atom. The van der Waals surface area contributed by atoms with Crippen molar-refractivity contribution in [2.45, 2.75) is 19.8 Å². The molecular weight excluding hydrogens is 398 g/mol. The van der Waals surface area contributed by atoms with Crippen LogP contribution in [0.1, 0.15) is 18.9 Å². The van der Waals surface area contributed by atoms with Gasteiger partial charge in [-0.1, -0.05) is 0 Å². The zero-order chi connectivity index (χ0) is 22.1. The molecule has 2 aromatic carbocycles. The molecule has 31 heavy (non-hydrogen) atoms. The van der Waals surface area contributed by atoms with Crippen molar-refractivity contribution in [1.82, 2.24) is 0 Å². The second-order valence-corrected chi connectivity index (χ2v) is 7.69. The number of carbonyl (C=O) groups is 3. The maximum absolute atomic E-state index is 12.8. The van der Waals surface area contributed by atoms with E-state index < -0.39 is 5.92 Å². The molecule has 0 aromatic heterocycles. The Hall–Kier alpha value is -3.55. The van der Waals surface area contributed by atoms with Gasteiger partial charge in [0.15, 0.2) is 0 Å². The standard InChI is InChI=1S/C23H25N3O5/c1-14(27)25-9-8-15-10-17(4-7-20(15)25)26-13-16(11-22(26)28)23(29)24-19-6-5-18(30-2)12-21(19)31-3/h4-7,10,12,16H,8-9,11,13H2,1-3H3,(H,24,29)/t16-/m0/s1. The molecule has 0 aliphatic carbocycles. The Bertz CT molecular complexity index is 1050. The van der Waals surface area contributed by atoms with Crippen LogP contribution < -0.4 is 24.6 Å². The van der Waals surface area contributed by atoms with Crippen LogP contribution in [0, 0.1) is 5.92 Å². The number of methoxy groups -OCH3 is 2. The molecule has 0 bridgehead atoms. The lowest BCUT2D eigenvalue weighted by Crippen LogP contribution is -2.28. The number of nitrogens with one attached hydrogen (secondary N) is 1. The Balaban J connectivity index is 1.48. The van der Waals surface area contributed by atoms with Gasteiger partial charge in [0.2, 0.25) is 17.7 Å². The molecule has 0 unspecified atom stereocenters. The quantitative estimate of drug-likeness (QED) is 0.799. The highest BCUT2D eigenvalue weighted by atomic mass is 16.5. The maximum Gasteiger partial charge on any atom is 0.229 e. The van der Waals surface area contributed by atoms with Gasteiger partial charge in [-0.15, -0.1) is 0 Å². The molecule has 1 N–H and O–H groups in total. The fraction of sp³-hybridized carbons (Fsp3) is 0.348. The summed E-state index contributed by atoms with van der Waals surface area (Å²) in [6, 6.07) is 10.8. The SMILES string of the molecule is COc1ccc(NC(=O)[C@H]2CC(=O)N(c3ccc4c(c3)CCN4C(C)=O)C2)c(OC)c1. The molecule has 1 saturated heterocycles. The summed E-state index contributed by atoms with van der Waals surface area (Å²) in [6.07, 6.45) is 0.896. The number of hydrogen-bond acceptors (Lipinski definition) is 5. The van der Waals surface area contributed by atoms with E-state index in [1.807, 2.05) is 18.2 Å². The van der Waals surface area contributed by atoms with Crippen molar-refractivity contribution in [3.8, 4) is 11.5 Å². The number of amides is 3. The second-order valence-electron chi connectivity index (χ2n) is 7.69. The van der Waals surface area contributed by atoms with Gasteiger partial charge in [0.1, 0.15) is 11.5 Å². The van der Waals surface area contributed by atoms with Crippen LogP contribution in [0.4, 0.5) is 17.1 Å². The monoisotopic (exact) mass is 423 g/mol. The minimum Gasteiger partial charge on any atom is -0.497 e. The van der Waals surface area contributed by atoms with Crippen LogP contribution in [0.3, 0.4) is 0 Å². The second kappa shape index (κ2) is 8.29. The van der Waals surface area contributed by atoms with Crippen molar-refractivity contribution in [2.75, 3.05) is 42.4 Å². The Kier molecular flexibility index (Phi) is 5.54. The van der Waals surface area contributed by atoms with Crippen molar-refractivity contribution in [3.63, 3.8) is 0 Å². The highest BCUT2D eigenvalue weighted by molar-refractivity contribution is 6.04. The molecule has 4 rings (SSSR count). The summed E-state index contributed by atoms with van der Waals surface area (Å²) in [5, 5.41) is 2.86. The lowest BCUT2D eigenvalue weighted by molar-refractivity contribution is -0.122. The van der Waals surface area contributed by atoms with Gasteiger partial charge in [0.25, 0.3) is 0 Å². The smallest absolute Gasteiger partial charge is 0.229 e. The molecule has 0 spiro atoms. The summed E-state index contributed by atoms with van der Waals surface area (Å²) < 4.78 is 10.5. The molecule has 162 valence electrons. The fourth-order valence-corrected chi connectivity index (χ4v) is 4.15. The molecule has 8 heteroatoms. The van der Waals surface area contributed by atoms with Gasteiger partial charge in [-0.25, -0.2) is 0 Å². The molecule has 2 aliphatic heterocycles. The van der Waals surface area contributed by atoms with E-state index in [0.717, 1.165) is 23.4 Å². The molecule has 0 radical (unpaired) electrons. The van der Waals surface area contributed by atoms with E-state index in [2.05, 4.69) is 5.32 Å². The third-order valence-corrected chi connectivity index (χ3v) is 5.81. The van der Waals surface area contributed by atoms with Gasteiger partial charge in [0.05, 0.1) is 25.8 Å². The number of carbonyl (C=O) groups excluding carboxylic acids is 3. The zero-order valence-electron chi connectivity index (χ0n) is 17.8. The minimum absolute atomic E-state index is 0.00874. The van der Waals surface area contributed by atoms with Gasteiger partial charge in [0, 0.05) is 43.9 Å². The first-order valence-corrected chi connectivity index (χ1v) is 10.2. The average Bonchev–Trinajstić information content (AvgIpc) is 3.37. The molecule has 8 nitrogen and oxygen atoms in total. The summed E-state index contributed by atoms with van der Waals surface area (Å²) in [5.74, 6) is 0.321. The molecule has 2 heterocycles. The number of nitrogens with zero attached hydrogens (tertiary/aromatic N) is 2. The third kappa shape index (κ3) is 3.93. The van der Waals surface area contributed by atoms with Crippen molar-refractivity contribution in [3.05, 3.63) is 42.0 Å². The fourth-order valence-electron chi connectivity index (χ4n) is 4.15. The Morgan fingerprint density at radius 3 is 2.61 bits per heavy atom. The summed E-state index contributed by atoms with van der Waals surface area (Å²) >= 11 is 0. The topological polar surface area (TPSA) is 88.2 Å². The number of ether oxygens (including phenoxy) is 2. The molecule has 0 saturated carbocycles. The predicted octanol–water partition coefficient (Wildman–Crippen LogP) is 2.60. The van der Waals surface area contributed by atoms with Crippen LogP contribution >= 0.6 is 0 Å². The van der Waals surface area contributed by atoms with Gasteiger partial charge in [-0.3, -0.25) is 14.4 Å². The first-order chi connectivity index (χ1) is 14.9. The maximum atomic E-state index is 12.8. The van der Waals surface area contributed by atoms with Crippen LogP contribution in [0.5, 0.6) is 11.5 Å². The summed E-state index contributed by atoms with van der Waals surface area (Å²) in [7, 11) is 3.08. The summed E-state index contributed by atoms with van der Waals surface area (Å²) in [5.41, 5.74) is 3.22. The van der Waals surface area contributed by atoms with Gasteiger partial charge >= 0.3 is 0 Å². The van der Waals surface area contributed by atoms with Crippen LogP contribution in [0.15, 0.2) is 36.4 Å². The van der Waals surface area contributed by atoms with Crippen LogP contribution in [-0.4, -0.2) is 45.0 Å². The zero-order valence-corrected chi connectivity index (χ0v) is 17.8. The van der Waals surface area contributed by atoms with Crippen LogP contribution in [-0.2, 0) is 20.8 Å². The predicted molar refractivity (Wildman–Crippen MR) is 117 cm³/mol. The van der Waals surface area contributed by atoms with E-state index >= 15 is 0 Å². The number of benzene rings is 2. The summed E-state index contributed by atoms with van der Waals surface area (Å²) in [6.45, 7) is 2.50. The molecule has 1 fully saturated rings. The van der Waals surface area contributed by atoms with Crippen molar-refractivity contribution in [2.24, 2.45) is 5.92 Å². The van der Waals surface area contributed by atoms with E-state index in [1.165, 1.54) is 7.11 Å². The third-order valence-electron chi connectivity index (χ3n) is 5.81. The van der Waals surface area contributed by atoms with E-state index in [0.29, 0.717) is 30.3 Å². The van der Waals surface area contributed by atoms with Crippen LogP contribution in [0.2, 0.25) is 0 Å². The van der Waals surface area contributed by atoms with Crippen molar-refractivity contribution < 1.29 is 23.9 Å². The molecule has 2 aromatic rings. The first kappa shape index (κ1) is 20.7. The van der Waals surface area contributed by atoms with E-state index in [4.69, 9.17) is 9.47 Å². The van der Waals surface area contributed by atoms with Crippen molar-refractivity contribution >= 4 is 34.8 Å². The lowest BCUT2D eigenvalue weighted by atomic mass is 10.1. The molecule has 1 atom stereocenters. The van der Waals surface area contributed by atoms with E-state index in [-0.39, 0.29) is 24.1 Å². The highest BCUT2D eigenvalue weighted by Gasteiger charge is 2.36. The van der Waals surface area contributed by atoms with E-state index in [9.17, 15) is 14.4 Å². The van der Waals surface area contributed by atoms with E-state index in [1.54, 1.807) is 42.0 Å². The Labute approximate surface area is 180 Å². The minimum atomic E-state index is -0.471. The number of fused-ring (bicyclic) bond motifs is 1. The normalized spacial score (nSPS) is 17.5. The summed E-state index contributed by atoms with van der Waals surface area (Å²) in [4.78, 5) is 40.6. The number of rotatable bonds is 5. The highest BCUT2D eigenvalue weighted by Crippen LogP contribution is 2.35. The molecule has 2 aliphatic rings. The van der Waals surface area contributed by atoms with Gasteiger partial charge < -0.3 is 24.6 Å². The number of hydrogen-bond donors (Lipinski definition) is 1. The van der Waals surface area contributed by atoms with Gasteiger partial charge in [-0.2, -0.15) is 0 Å².